The van der Waals surface area contributed by atoms with Gasteiger partial charge >= 0.3 is 12.0 Å². The summed E-state index contributed by atoms with van der Waals surface area (Å²) in [6.07, 6.45) is 2.59. The Morgan fingerprint density at radius 3 is 2.56 bits per heavy atom. The van der Waals surface area contributed by atoms with Crippen LogP contribution >= 0.6 is 0 Å². The van der Waals surface area contributed by atoms with E-state index in [2.05, 4.69) is 12.2 Å². The lowest BCUT2D eigenvalue weighted by atomic mass is 10.0. The summed E-state index contributed by atoms with van der Waals surface area (Å²) in [5.74, 6) is 0.0154. The van der Waals surface area contributed by atoms with Crippen molar-refractivity contribution in [2.24, 2.45) is 17.8 Å². The van der Waals surface area contributed by atoms with Crippen molar-refractivity contribution in [1.82, 2.24) is 10.2 Å². The molecule has 0 aromatic carbocycles. The van der Waals surface area contributed by atoms with E-state index in [0.717, 1.165) is 13.0 Å². The number of rotatable bonds is 7. The van der Waals surface area contributed by atoms with Gasteiger partial charge in [-0.3, -0.25) is 4.79 Å². The van der Waals surface area contributed by atoms with Crippen LogP contribution in [0.2, 0.25) is 0 Å². The Kier molecular flexibility index (Phi) is 5.44. The van der Waals surface area contributed by atoms with Crippen LogP contribution in [0.1, 0.15) is 33.1 Å². The molecule has 5 nitrogen and oxygen atoms in total. The van der Waals surface area contributed by atoms with Crippen LogP contribution in [0.4, 0.5) is 4.79 Å². The molecule has 0 aromatic rings. The smallest absolute Gasteiger partial charge is 0.317 e. The average molecular weight is 256 g/mol. The molecule has 0 aliphatic heterocycles. The first-order valence-electron chi connectivity index (χ1n) is 6.67. The number of hydrogen-bond acceptors (Lipinski definition) is 2. The van der Waals surface area contributed by atoms with Crippen LogP contribution in [0.5, 0.6) is 0 Å². The minimum atomic E-state index is -0.837. The Hall–Kier alpha value is -1.26. The van der Waals surface area contributed by atoms with E-state index in [9.17, 15) is 9.59 Å². The van der Waals surface area contributed by atoms with Gasteiger partial charge in [0.2, 0.25) is 0 Å². The van der Waals surface area contributed by atoms with Crippen LogP contribution in [0.3, 0.4) is 0 Å². The van der Waals surface area contributed by atoms with Crippen molar-refractivity contribution in [3.05, 3.63) is 0 Å². The van der Waals surface area contributed by atoms with E-state index in [4.69, 9.17) is 5.11 Å². The largest absolute Gasteiger partial charge is 0.481 e. The third kappa shape index (κ3) is 4.55. The summed E-state index contributed by atoms with van der Waals surface area (Å²) in [5, 5.41) is 11.7. The Labute approximate surface area is 109 Å². The van der Waals surface area contributed by atoms with Crippen LogP contribution in [-0.2, 0) is 4.79 Å². The molecule has 104 valence electrons. The molecule has 1 aliphatic carbocycles. The van der Waals surface area contributed by atoms with Crippen LogP contribution in [0.25, 0.3) is 0 Å². The van der Waals surface area contributed by atoms with Crippen molar-refractivity contribution < 1.29 is 14.7 Å². The van der Waals surface area contributed by atoms with Gasteiger partial charge in [0, 0.05) is 20.1 Å². The summed E-state index contributed by atoms with van der Waals surface area (Å²) in [6, 6.07) is -0.170. The highest BCUT2D eigenvalue weighted by atomic mass is 16.4. The van der Waals surface area contributed by atoms with Gasteiger partial charge in [0.15, 0.2) is 0 Å². The third-order valence-electron chi connectivity index (χ3n) is 3.62. The summed E-state index contributed by atoms with van der Waals surface area (Å²) in [6.45, 7) is 5.10. The minimum absolute atomic E-state index is 0.170. The van der Waals surface area contributed by atoms with Crippen molar-refractivity contribution in [1.29, 1.82) is 0 Å². The van der Waals surface area contributed by atoms with Gasteiger partial charge in [-0.2, -0.15) is 0 Å². The Morgan fingerprint density at radius 2 is 2.11 bits per heavy atom. The molecule has 1 rings (SSSR count). The molecular weight excluding hydrogens is 232 g/mol. The quantitative estimate of drug-likeness (QED) is 0.729. The standard InChI is InChI=1S/C13H24N2O3/c1-4-5-10(12(16)17)7-14-13(18)15(3)8-11-6-9(11)2/h9-11H,4-8H2,1-3H3,(H,14,18)(H,16,17). The van der Waals surface area contributed by atoms with Crippen LogP contribution in [0.15, 0.2) is 0 Å². The van der Waals surface area contributed by atoms with Crippen LogP contribution in [-0.4, -0.2) is 42.1 Å². The molecule has 0 saturated heterocycles. The molecule has 2 N–H and O–H groups in total. The first-order chi connectivity index (χ1) is 8.45. The molecule has 0 heterocycles. The van der Waals surface area contributed by atoms with E-state index in [1.807, 2.05) is 6.92 Å². The summed E-state index contributed by atoms with van der Waals surface area (Å²) in [7, 11) is 1.76. The number of nitrogens with one attached hydrogen (secondary N) is 1. The molecule has 1 saturated carbocycles. The van der Waals surface area contributed by atoms with E-state index in [1.54, 1.807) is 11.9 Å². The predicted molar refractivity (Wildman–Crippen MR) is 69.3 cm³/mol. The molecule has 3 atom stereocenters. The zero-order valence-corrected chi connectivity index (χ0v) is 11.5. The fourth-order valence-corrected chi connectivity index (χ4v) is 2.09. The highest BCUT2D eigenvalue weighted by Gasteiger charge is 2.34. The molecule has 1 fully saturated rings. The molecule has 0 spiro atoms. The lowest BCUT2D eigenvalue weighted by Gasteiger charge is -2.19. The number of urea groups is 1. The van der Waals surface area contributed by atoms with Gasteiger partial charge in [-0.15, -0.1) is 0 Å². The van der Waals surface area contributed by atoms with Gasteiger partial charge in [-0.1, -0.05) is 20.3 Å². The van der Waals surface area contributed by atoms with E-state index in [1.165, 1.54) is 6.42 Å². The van der Waals surface area contributed by atoms with Gasteiger partial charge < -0.3 is 15.3 Å². The van der Waals surface area contributed by atoms with Crippen molar-refractivity contribution in [2.75, 3.05) is 20.1 Å². The van der Waals surface area contributed by atoms with E-state index < -0.39 is 11.9 Å². The molecule has 0 radical (unpaired) electrons. The number of hydrogen-bond donors (Lipinski definition) is 2. The zero-order chi connectivity index (χ0) is 13.7. The lowest BCUT2D eigenvalue weighted by Crippen LogP contribution is -2.41. The van der Waals surface area contributed by atoms with Crippen molar-refractivity contribution in [3.63, 3.8) is 0 Å². The molecule has 5 heteroatoms. The summed E-state index contributed by atoms with van der Waals surface area (Å²) < 4.78 is 0. The Balaban J connectivity index is 2.27. The number of carboxylic acids is 1. The number of aliphatic carboxylic acids is 1. The lowest BCUT2D eigenvalue weighted by molar-refractivity contribution is -0.141. The first-order valence-corrected chi connectivity index (χ1v) is 6.67. The zero-order valence-electron chi connectivity index (χ0n) is 11.5. The average Bonchev–Trinajstić information content (AvgIpc) is 2.99. The highest BCUT2D eigenvalue weighted by molar-refractivity contribution is 5.75. The maximum absolute atomic E-state index is 11.8. The number of carbonyl (C=O) groups is 2. The highest BCUT2D eigenvalue weighted by Crippen LogP contribution is 2.37. The molecule has 1 aliphatic rings. The third-order valence-corrected chi connectivity index (χ3v) is 3.62. The van der Waals surface area contributed by atoms with Gasteiger partial charge in [0.1, 0.15) is 0 Å². The molecule has 0 aromatic heterocycles. The fourth-order valence-electron chi connectivity index (χ4n) is 2.09. The van der Waals surface area contributed by atoms with E-state index in [-0.39, 0.29) is 12.6 Å². The predicted octanol–water partition coefficient (Wildman–Crippen LogP) is 1.78. The second-order valence-corrected chi connectivity index (χ2v) is 5.36. The SMILES string of the molecule is CCCC(CNC(=O)N(C)CC1CC1C)C(=O)O. The molecule has 0 bridgehead atoms. The maximum Gasteiger partial charge on any atom is 0.317 e. The van der Waals surface area contributed by atoms with Gasteiger partial charge in [-0.25, -0.2) is 4.79 Å². The Morgan fingerprint density at radius 1 is 1.50 bits per heavy atom. The molecule has 2 amide bonds. The van der Waals surface area contributed by atoms with Gasteiger partial charge in [0.25, 0.3) is 0 Å². The number of nitrogens with zero attached hydrogens (tertiary/aromatic N) is 1. The topological polar surface area (TPSA) is 69.6 Å². The molecule has 3 unspecified atom stereocenters. The second-order valence-electron chi connectivity index (χ2n) is 5.36. The van der Waals surface area contributed by atoms with Crippen molar-refractivity contribution in [2.45, 2.75) is 33.1 Å². The maximum atomic E-state index is 11.8. The van der Waals surface area contributed by atoms with Gasteiger partial charge in [-0.05, 0) is 24.7 Å². The van der Waals surface area contributed by atoms with Crippen LogP contribution in [0, 0.1) is 17.8 Å². The minimum Gasteiger partial charge on any atom is -0.481 e. The fraction of sp³-hybridized carbons (Fsp3) is 0.846. The number of amides is 2. The number of carbonyl (C=O) groups excluding carboxylic acids is 1. The van der Waals surface area contributed by atoms with E-state index >= 15 is 0 Å². The van der Waals surface area contributed by atoms with Crippen LogP contribution < -0.4 is 5.32 Å². The number of carboxylic acid groups (broad SMARTS) is 1. The second kappa shape index (κ2) is 6.61. The van der Waals surface area contributed by atoms with Crippen molar-refractivity contribution >= 4 is 12.0 Å². The first kappa shape index (κ1) is 14.8. The van der Waals surface area contributed by atoms with Gasteiger partial charge in [0.05, 0.1) is 5.92 Å². The van der Waals surface area contributed by atoms with Crippen molar-refractivity contribution in [3.8, 4) is 0 Å². The summed E-state index contributed by atoms with van der Waals surface area (Å²) in [4.78, 5) is 24.4. The van der Waals surface area contributed by atoms with E-state index in [0.29, 0.717) is 18.3 Å². The molecule has 18 heavy (non-hydrogen) atoms. The molecular formula is C13H24N2O3. The summed E-state index contributed by atoms with van der Waals surface area (Å²) in [5.41, 5.74) is 0. The normalized spacial score (nSPS) is 23.3. The summed E-state index contributed by atoms with van der Waals surface area (Å²) >= 11 is 0. The monoisotopic (exact) mass is 256 g/mol. The Bertz CT molecular complexity index is 307.